The zero-order chi connectivity index (χ0) is 18.3. The molecule has 26 heavy (non-hydrogen) atoms. The summed E-state index contributed by atoms with van der Waals surface area (Å²) in [6.45, 7) is 6.42. The van der Waals surface area contributed by atoms with E-state index >= 15 is 0 Å². The number of hydrogen-bond acceptors (Lipinski definition) is 5. The van der Waals surface area contributed by atoms with Crippen LogP contribution in [-0.2, 0) is 6.54 Å². The minimum atomic E-state index is -0.179. The SMILES string of the molecule is Cc1cccc(CNC(=O)c2c(C)oc3ncnc(NC4(C)CC4)c23)c1. The third-order valence-corrected chi connectivity index (χ3v) is 4.85. The van der Waals surface area contributed by atoms with Gasteiger partial charge in [-0.25, -0.2) is 9.97 Å². The van der Waals surface area contributed by atoms with Gasteiger partial charge >= 0.3 is 0 Å². The maximum atomic E-state index is 12.9. The second-order valence-corrected chi connectivity index (χ2v) is 7.29. The number of nitrogens with one attached hydrogen (secondary N) is 2. The molecular formula is C20H22N4O2. The maximum absolute atomic E-state index is 12.9. The van der Waals surface area contributed by atoms with Crippen LogP contribution in [0.5, 0.6) is 0 Å². The van der Waals surface area contributed by atoms with E-state index in [-0.39, 0.29) is 11.4 Å². The van der Waals surface area contributed by atoms with Crippen LogP contribution in [-0.4, -0.2) is 21.4 Å². The highest BCUT2D eigenvalue weighted by atomic mass is 16.3. The van der Waals surface area contributed by atoms with Crippen LogP contribution in [0.25, 0.3) is 11.1 Å². The van der Waals surface area contributed by atoms with E-state index in [4.69, 9.17) is 4.42 Å². The molecule has 0 spiro atoms. The second kappa shape index (κ2) is 6.12. The van der Waals surface area contributed by atoms with Crippen molar-refractivity contribution in [3.8, 4) is 0 Å². The highest BCUT2D eigenvalue weighted by Crippen LogP contribution is 2.40. The Morgan fingerprint density at radius 2 is 2.08 bits per heavy atom. The molecule has 3 aromatic rings. The largest absolute Gasteiger partial charge is 0.442 e. The Morgan fingerprint density at radius 3 is 2.81 bits per heavy atom. The van der Waals surface area contributed by atoms with E-state index in [1.54, 1.807) is 6.92 Å². The van der Waals surface area contributed by atoms with E-state index < -0.39 is 0 Å². The van der Waals surface area contributed by atoms with Gasteiger partial charge in [-0.2, -0.15) is 0 Å². The minimum absolute atomic E-state index is 0.0434. The molecule has 2 aromatic heterocycles. The average molecular weight is 350 g/mol. The smallest absolute Gasteiger partial charge is 0.255 e. The Bertz CT molecular complexity index is 989. The molecule has 4 rings (SSSR count). The van der Waals surface area contributed by atoms with Gasteiger partial charge in [0.05, 0.1) is 10.9 Å². The van der Waals surface area contributed by atoms with Crippen LogP contribution in [0.4, 0.5) is 5.82 Å². The van der Waals surface area contributed by atoms with E-state index in [0.29, 0.717) is 34.8 Å². The number of hydrogen-bond donors (Lipinski definition) is 2. The van der Waals surface area contributed by atoms with Crippen LogP contribution in [0.2, 0.25) is 0 Å². The van der Waals surface area contributed by atoms with Crippen LogP contribution in [0.1, 0.15) is 47.0 Å². The summed E-state index contributed by atoms with van der Waals surface area (Å²) < 4.78 is 5.71. The van der Waals surface area contributed by atoms with Crippen molar-refractivity contribution in [1.82, 2.24) is 15.3 Å². The molecule has 1 aliphatic carbocycles. The lowest BCUT2D eigenvalue weighted by Gasteiger charge is -2.13. The quantitative estimate of drug-likeness (QED) is 0.733. The molecule has 6 nitrogen and oxygen atoms in total. The van der Waals surface area contributed by atoms with E-state index in [0.717, 1.165) is 18.4 Å². The molecule has 2 N–H and O–H groups in total. The maximum Gasteiger partial charge on any atom is 0.255 e. The third kappa shape index (κ3) is 3.14. The fraction of sp³-hybridized carbons (Fsp3) is 0.350. The van der Waals surface area contributed by atoms with Crippen molar-refractivity contribution < 1.29 is 9.21 Å². The van der Waals surface area contributed by atoms with Gasteiger partial charge in [0.1, 0.15) is 17.9 Å². The molecule has 2 heterocycles. The number of nitrogens with zero attached hydrogens (tertiary/aromatic N) is 2. The highest BCUT2D eigenvalue weighted by Gasteiger charge is 2.38. The van der Waals surface area contributed by atoms with E-state index in [9.17, 15) is 4.79 Å². The van der Waals surface area contributed by atoms with Gasteiger partial charge in [0.25, 0.3) is 5.91 Å². The lowest BCUT2D eigenvalue weighted by molar-refractivity contribution is 0.0951. The molecular weight excluding hydrogens is 328 g/mol. The first kappa shape index (κ1) is 16.6. The fourth-order valence-electron chi connectivity index (χ4n) is 3.10. The highest BCUT2D eigenvalue weighted by molar-refractivity contribution is 6.10. The second-order valence-electron chi connectivity index (χ2n) is 7.29. The number of aryl methyl sites for hydroxylation is 2. The van der Waals surface area contributed by atoms with Crippen molar-refractivity contribution in [2.75, 3.05) is 5.32 Å². The normalized spacial score (nSPS) is 15.0. The summed E-state index contributed by atoms with van der Waals surface area (Å²) in [6.07, 6.45) is 3.64. The standard InChI is InChI=1S/C20H22N4O2/c1-12-5-4-6-14(9-12)10-21-18(25)15-13(2)26-19-16(15)17(22-11-23-19)24-20(3)7-8-20/h4-6,9,11H,7-8,10H2,1-3H3,(H,21,25)(H,22,23,24). The predicted molar refractivity (Wildman–Crippen MR) is 100 cm³/mol. The summed E-state index contributed by atoms with van der Waals surface area (Å²) in [4.78, 5) is 21.4. The van der Waals surface area contributed by atoms with Gasteiger partial charge in [0, 0.05) is 12.1 Å². The van der Waals surface area contributed by atoms with Gasteiger partial charge in [-0.3, -0.25) is 4.79 Å². The molecule has 0 atom stereocenters. The molecule has 1 amide bonds. The number of benzene rings is 1. The molecule has 0 unspecified atom stereocenters. The van der Waals surface area contributed by atoms with E-state index in [2.05, 4.69) is 33.6 Å². The first-order valence-electron chi connectivity index (χ1n) is 8.81. The van der Waals surface area contributed by atoms with Crippen molar-refractivity contribution in [2.24, 2.45) is 0 Å². The summed E-state index contributed by atoms with van der Waals surface area (Å²) >= 11 is 0. The fourth-order valence-corrected chi connectivity index (χ4v) is 3.10. The molecule has 0 radical (unpaired) electrons. The van der Waals surface area contributed by atoms with Crippen LogP contribution >= 0.6 is 0 Å². The number of carbonyl (C=O) groups excluding carboxylic acids is 1. The van der Waals surface area contributed by atoms with Crippen LogP contribution < -0.4 is 10.6 Å². The lowest BCUT2D eigenvalue weighted by Crippen LogP contribution is -2.24. The van der Waals surface area contributed by atoms with Gasteiger partial charge in [0.15, 0.2) is 0 Å². The number of fused-ring (bicyclic) bond motifs is 1. The van der Waals surface area contributed by atoms with Crippen molar-refractivity contribution in [2.45, 2.75) is 45.7 Å². The first-order valence-corrected chi connectivity index (χ1v) is 8.81. The molecule has 134 valence electrons. The Kier molecular flexibility index (Phi) is 3.90. The van der Waals surface area contributed by atoms with Gasteiger partial charge < -0.3 is 15.1 Å². The zero-order valence-corrected chi connectivity index (χ0v) is 15.2. The zero-order valence-electron chi connectivity index (χ0n) is 15.2. The van der Waals surface area contributed by atoms with Crippen LogP contribution in [0.15, 0.2) is 35.0 Å². The lowest BCUT2D eigenvalue weighted by atomic mass is 10.1. The topological polar surface area (TPSA) is 80.1 Å². The minimum Gasteiger partial charge on any atom is -0.442 e. The van der Waals surface area contributed by atoms with Gasteiger partial charge in [-0.15, -0.1) is 0 Å². The number of carbonyl (C=O) groups is 1. The van der Waals surface area contributed by atoms with Crippen LogP contribution in [0.3, 0.4) is 0 Å². The van der Waals surface area contributed by atoms with Crippen molar-refractivity contribution in [3.05, 3.63) is 53.0 Å². The summed E-state index contributed by atoms with van der Waals surface area (Å²) in [5.74, 6) is 1.03. The predicted octanol–water partition coefficient (Wildman–Crippen LogP) is 3.73. The Morgan fingerprint density at radius 1 is 1.27 bits per heavy atom. The first-order chi connectivity index (χ1) is 12.5. The molecule has 0 saturated heterocycles. The molecule has 6 heteroatoms. The van der Waals surface area contributed by atoms with E-state index in [1.165, 1.54) is 11.9 Å². The number of rotatable bonds is 5. The molecule has 0 aliphatic heterocycles. The molecule has 1 aromatic carbocycles. The number of furan rings is 1. The van der Waals surface area contributed by atoms with Gasteiger partial charge in [0.2, 0.25) is 5.71 Å². The van der Waals surface area contributed by atoms with Gasteiger partial charge in [-0.05, 0) is 39.2 Å². The Hall–Kier alpha value is -2.89. The van der Waals surface area contributed by atoms with Crippen molar-refractivity contribution in [1.29, 1.82) is 0 Å². The molecule has 1 fully saturated rings. The number of anilines is 1. The summed E-state index contributed by atoms with van der Waals surface area (Å²) in [5, 5.41) is 7.07. The summed E-state index contributed by atoms with van der Waals surface area (Å²) in [7, 11) is 0. The van der Waals surface area contributed by atoms with Gasteiger partial charge in [-0.1, -0.05) is 29.8 Å². The molecule has 0 bridgehead atoms. The Labute approximate surface area is 152 Å². The van der Waals surface area contributed by atoms with E-state index in [1.807, 2.05) is 25.1 Å². The summed E-state index contributed by atoms with van der Waals surface area (Å²) in [5.41, 5.74) is 3.20. The molecule has 1 saturated carbocycles. The van der Waals surface area contributed by atoms with Crippen molar-refractivity contribution in [3.63, 3.8) is 0 Å². The molecule has 1 aliphatic rings. The number of aromatic nitrogens is 2. The third-order valence-electron chi connectivity index (χ3n) is 4.85. The van der Waals surface area contributed by atoms with Crippen molar-refractivity contribution >= 4 is 22.8 Å². The monoisotopic (exact) mass is 350 g/mol. The average Bonchev–Trinajstić information content (AvgIpc) is 3.21. The van der Waals surface area contributed by atoms with Crippen LogP contribution in [0, 0.1) is 13.8 Å². The summed E-state index contributed by atoms with van der Waals surface area (Å²) in [6, 6.07) is 8.08. The number of amides is 1. The Balaban J connectivity index is 1.64.